The molecule has 2 rings (SSSR count). The van der Waals surface area contributed by atoms with Crippen LogP contribution in [-0.4, -0.2) is 17.0 Å². The molecule has 1 aliphatic carbocycles. The largest absolute Gasteiger partial charge is 0.409 e. The molecule has 1 aliphatic rings. The molecule has 0 heterocycles. The Kier molecular flexibility index (Phi) is 3.92. The lowest BCUT2D eigenvalue weighted by Gasteiger charge is -2.39. The van der Waals surface area contributed by atoms with Crippen LogP contribution in [0.25, 0.3) is 0 Å². The maximum Gasteiger partial charge on any atom is 0.234 e. The van der Waals surface area contributed by atoms with E-state index >= 15 is 0 Å². The third-order valence-electron chi connectivity index (χ3n) is 3.96. The van der Waals surface area contributed by atoms with Gasteiger partial charge in [-0.15, -0.1) is 0 Å². The Balaban J connectivity index is 2.09. The Morgan fingerprint density at radius 1 is 1.45 bits per heavy atom. The summed E-state index contributed by atoms with van der Waals surface area (Å²) in [6, 6.07) is 5.67. The van der Waals surface area contributed by atoms with Crippen LogP contribution >= 0.6 is 0 Å². The number of nitrogens with zero attached hydrogens (tertiary/aromatic N) is 1. The molecule has 1 unspecified atom stereocenters. The number of benzene rings is 1. The van der Waals surface area contributed by atoms with Gasteiger partial charge in [-0.2, -0.15) is 0 Å². The summed E-state index contributed by atoms with van der Waals surface area (Å²) in [6.07, 6.45) is 2.02. The summed E-state index contributed by atoms with van der Waals surface area (Å²) in [5, 5.41) is 14.6. The van der Waals surface area contributed by atoms with E-state index in [4.69, 9.17) is 10.9 Å². The first-order valence-corrected chi connectivity index (χ1v) is 6.54. The molecule has 0 radical (unpaired) electrons. The molecule has 0 aromatic heterocycles. The molecule has 4 N–H and O–H groups in total. The number of hydrogen-bond donors (Lipinski definition) is 3. The number of hydrogen-bond acceptors (Lipinski definition) is 3. The van der Waals surface area contributed by atoms with E-state index in [0.717, 1.165) is 12.0 Å². The van der Waals surface area contributed by atoms with Crippen molar-refractivity contribution >= 4 is 11.7 Å². The van der Waals surface area contributed by atoms with Crippen molar-refractivity contribution in [2.24, 2.45) is 16.3 Å². The molecule has 0 aliphatic heterocycles. The molecule has 5 nitrogen and oxygen atoms in total. The zero-order chi connectivity index (χ0) is 14.8. The number of amidine groups is 1. The van der Waals surface area contributed by atoms with Crippen LogP contribution in [0.3, 0.4) is 0 Å². The van der Waals surface area contributed by atoms with Crippen LogP contribution in [-0.2, 0) is 4.79 Å². The van der Waals surface area contributed by atoms with E-state index in [-0.39, 0.29) is 23.6 Å². The summed E-state index contributed by atoms with van der Waals surface area (Å²) in [6.45, 7) is 1.81. The first-order chi connectivity index (χ1) is 9.49. The highest BCUT2D eigenvalue weighted by molar-refractivity contribution is 6.07. The fourth-order valence-corrected chi connectivity index (χ4v) is 2.40. The smallest absolute Gasteiger partial charge is 0.234 e. The molecule has 0 saturated heterocycles. The molecule has 1 atom stereocenters. The van der Waals surface area contributed by atoms with Gasteiger partial charge in [0.2, 0.25) is 5.91 Å². The SMILES string of the molecule is CC(NC(=O)C1(/C(N)=N/O)CCC1)c1ccc(F)cc1. The second-order valence-electron chi connectivity index (χ2n) is 5.17. The fraction of sp³-hybridized carbons (Fsp3) is 0.429. The molecule has 20 heavy (non-hydrogen) atoms. The number of nitrogens with one attached hydrogen (secondary N) is 1. The normalized spacial score (nSPS) is 19.0. The summed E-state index contributed by atoms with van der Waals surface area (Å²) in [5.74, 6) is -0.622. The quantitative estimate of drug-likeness (QED) is 0.340. The monoisotopic (exact) mass is 279 g/mol. The summed E-state index contributed by atoms with van der Waals surface area (Å²) >= 11 is 0. The van der Waals surface area contributed by atoms with Gasteiger partial charge in [-0.25, -0.2) is 4.39 Å². The van der Waals surface area contributed by atoms with E-state index in [1.165, 1.54) is 12.1 Å². The zero-order valence-electron chi connectivity index (χ0n) is 11.3. The van der Waals surface area contributed by atoms with Crippen molar-refractivity contribution < 1.29 is 14.4 Å². The van der Waals surface area contributed by atoms with Gasteiger partial charge in [0.15, 0.2) is 5.84 Å². The van der Waals surface area contributed by atoms with E-state index in [2.05, 4.69) is 10.5 Å². The van der Waals surface area contributed by atoms with Crippen molar-refractivity contribution in [2.45, 2.75) is 32.2 Å². The van der Waals surface area contributed by atoms with Gasteiger partial charge in [-0.05, 0) is 37.5 Å². The average Bonchev–Trinajstić information content (AvgIpc) is 2.37. The van der Waals surface area contributed by atoms with Crippen molar-refractivity contribution in [3.05, 3.63) is 35.6 Å². The van der Waals surface area contributed by atoms with Gasteiger partial charge in [0.05, 0.1) is 6.04 Å². The maximum atomic E-state index is 12.9. The Bertz CT molecular complexity index is 524. The van der Waals surface area contributed by atoms with Crippen molar-refractivity contribution in [1.82, 2.24) is 5.32 Å². The van der Waals surface area contributed by atoms with E-state index < -0.39 is 5.41 Å². The van der Waals surface area contributed by atoms with E-state index in [9.17, 15) is 9.18 Å². The molecule has 1 aromatic rings. The van der Waals surface area contributed by atoms with Crippen LogP contribution < -0.4 is 11.1 Å². The fourth-order valence-electron chi connectivity index (χ4n) is 2.40. The van der Waals surface area contributed by atoms with Gasteiger partial charge >= 0.3 is 0 Å². The Hall–Kier alpha value is -2.11. The molecule has 1 saturated carbocycles. The van der Waals surface area contributed by atoms with Crippen LogP contribution in [0.15, 0.2) is 29.4 Å². The van der Waals surface area contributed by atoms with Crippen LogP contribution in [0.2, 0.25) is 0 Å². The Labute approximate surface area is 116 Å². The molecule has 1 amide bonds. The number of nitrogens with two attached hydrogens (primary N) is 1. The molecule has 1 aromatic carbocycles. The van der Waals surface area contributed by atoms with Gasteiger partial charge in [-0.3, -0.25) is 4.79 Å². The van der Waals surface area contributed by atoms with Crippen LogP contribution in [0, 0.1) is 11.2 Å². The minimum atomic E-state index is -0.900. The average molecular weight is 279 g/mol. The highest BCUT2D eigenvalue weighted by Gasteiger charge is 2.48. The standard InChI is InChI=1S/C14H18FN3O2/c1-9(10-3-5-11(15)6-4-10)17-13(19)14(7-2-8-14)12(16)18-20/h3-6,9,20H,2,7-8H2,1H3,(H2,16,18)(H,17,19). The van der Waals surface area contributed by atoms with Crippen LogP contribution in [0.5, 0.6) is 0 Å². The Morgan fingerprint density at radius 2 is 2.05 bits per heavy atom. The topological polar surface area (TPSA) is 87.7 Å². The highest BCUT2D eigenvalue weighted by atomic mass is 19.1. The van der Waals surface area contributed by atoms with Crippen molar-refractivity contribution in [1.29, 1.82) is 0 Å². The van der Waals surface area contributed by atoms with Gasteiger partial charge in [0.25, 0.3) is 0 Å². The zero-order valence-corrected chi connectivity index (χ0v) is 11.3. The molecule has 0 spiro atoms. The predicted molar refractivity (Wildman–Crippen MR) is 72.7 cm³/mol. The number of carbonyl (C=O) groups excluding carboxylic acids is 1. The molecule has 108 valence electrons. The molecular weight excluding hydrogens is 261 g/mol. The second kappa shape index (κ2) is 5.48. The molecule has 0 bridgehead atoms. The van der Waals surface area contributed by atoms with Crippen LogP contribution in [0.4, 0.5) is 4.39 Å². The third-order valence-corrected chi connectivity index (χ3v) is 3.96. The van der Waals surface area contributed by atoms with Crippen LogP contribution in [0.1, 0.15) is 37.8 Å². The van der Waals surface area contributed by atoms with Gasteiger partial charge in [0, 0.05) is 0 Å². The summed E-state index contributed by atoms with van der Waals surface area (Å²) in [4.78, 5) is 12.3. The summed E-state index contributed by atoms with van der Waals surface area (Å²) in [7, 11) is 0. The van der Waals surface area contributed by atoms with E-state index in [1.807, 2.05) is 6.92 Å². The lowest BCUT2D eigenvalue weighted by molar-refractivity contribution is -0.131. The number of carbonyl (C=O) groups is 1. The lowest BCUT2D eigenvalue weighted by atomic mass is 9.67. The summed E-state index contributed by atoms with van der Waals surface area (Å²) in [5.41, 5.74) is 5.54. The van der Waals surface area contributed by atoms with Crippen molar-refractivity contribution in [3.63, 3.8) is 0 Å². The predicted octanol–water partition coefficient (Wildman–Crippen LogP) is 1.92. The Morgan fingerprint density at radius 3 is 2.50 bits per heavy atom. The lowest BCUT2D eigenvalue weighted by Crippen LogP contribution is -2.54. The minimum absolute atomic E-state index is 0.0486. The van der Waals surface area contributed by atoms with Crippen molar-refractivity contribution in [3.8, 4) is 0 Å². The van der Waals surface area contributed by atoms with Crippen molar-refractivity contribution in [2.75, 3.05) is 0 Å². The van der Waals surface area contributed by atoms with E-state index in [1.54, 1.807) is 12.1 Å². The number of rotatable bonds is 4. The third kappa shape index (κ3) is 2.45. The maximum absolute atomic E-state index is 12.9. The minimum Gasteiger partial charge on any atom is -0.409 e. The highest BCUT2D eigenvalue weighted by Crippen LogP contribution is 2.41. The summed E-state index contributed by atoms with van der Waals surface area (Å²) < 4.78 is 12.9. The number of halogens is 1. The molecule has 6 heteroatoms. The van der Waals surface area contributed by atoms with Gasteiger partial charge in [0.1, 0.15) is 11.2 Å². The molecule has 1 fully saturated rings. The number of amides is 1. The van der Waals surface area contributed by atoms with Gasteiger partial charge in [-0.1, -0.05) is 23.7 Å². The van der Waals surface area contributed by atoms with E-state index in [0.29, 0.717) is 12.8 Å². The second-order valence-corrected chi connectivity index (χ2v) is 5.17. The number of oxime groups is 1. The van der Waals surface area contributed by atoms with Gasteiger partial charge < -0.3 is 16.3 Å². The first kappa shape index (κ1) is 14.3. The first-order valence-electron chi connectivity index (χ1n) is 6.54. The molecular formula is C14H18FN3O2.